The molecule has 0 spiro atoms. The zero-order valence-corrected chi connectivity index (χ0v) is 26.0. The van der Waals surface area contributed by atoms with Gasteiger partial charge in [-0.25, -0.2) is 8.78 Å². The molecule has 0 nitrogen and oxygen atoms in total. The Hall–Kier alpha value is -4.20. The molecule has 0 amide bonds. The number of fused-ring (bicyclic) bond motifs is 7. The average molecular weight is 641 g/mol. The molecular formula is C38H18F2S4. The van der Waals surface area contributed by atoms with Crippen molar-refractivity contribution in [2.24, 2.45) is 0 Å². The molecule has 0 N–H and O–H groups in total. The number of hydrogen-bond donors (Lipinski definition) is 0. The Labute approximate surface area is 265 Å². The number of hydrogen-bond acceptors (Lipinski definition) is 4. The molecule has 4 aromatic heterocycles. The van der Waals surface area contributed by atoms with Gasteiger partial charge in [-0.05, 0) is 104 Å². The summed E-state index contributed by atoms with van der Waals surface area (Å²) in [5, 5.41) is 10.2. The van der Waals surface area contributed by atoms with Crippen molar-refractivity contribution >= 4 is 118 Å². The lowest BCUT2D eigenvalue weighted by molar-refractivity contribution is 0.647. The summed E-state index contributed by atoms with van der Waals surface area (Å²) in [6.45, 7) is 0. The first-order valence-electron chi connectivity index (χ1n) is 14.2. The van der Waals surface area contributed by atoms with Gasteiger partial charge in [-0.2, -0.15) is 0 Å². The molecule has 0 radical (unpaired) electrons. The second-order valence-corrected chi connectivity index (χ2v) is 15.5. The van der Waals surface area contributed by atoms with Gasteiger partial charge in [0.2, 0.25) is 0 Å². The molecule has 10 rings (SSSR count). The highest BCUT2D eigenvalue weighted by atomic mass is 32.1. The minimum atomic E-state index is -0.138. The zero-order chi connectivity index (χ0) is 29.1. The highest BCUT2D eigenvalue weighted by Gasteiger charge is 2.19. The highest BCUT2D eigenvalue weighted by Crippen LogP contribution is 2.46. The number of rotatable bonds is 2. The van der Waals surface area contributed by atoms with E-state index in [1.165, 1.54) is 22.7 Å². The molecule has 4 heterocycles. The molecular weight excluding hydrogens is 623 g/mol. The fourth-order valence-electron chi connectivity index (χ4n) is 6.37. The van der Waals surface area contributed by atoms with Crippen molar-refractivity contribution in [1.82, 2.24) is 0 Å². The van der Waals surface area contributed by atoms with E-state index in [0.717, 1.165) is 71.6 Å². The van der Waals surface area contributed by atoms with Gasteiger partial charge < -0.3 is 0 Å². The third kappa shape index (κ3) is 3.69. The zero-order valence-electron chi connectivity index (χ0n) is 22.8. The van der Waals surface area contributed by atoms with E-state index in [0.29, 0.717) is 20.5 Å². The lowest BCUT2D eigenvalue weighted by Gasteiger charge is -1.99. The van der Waals surface area contributed by atoms with E-state index >= 15 is 8.78 Å². The van der Waals surface area contributed by atoms with Crippen LogP contribution in [0.2, 0.25) is 0 Å². The lowest BCUT2D eigenvalue weighted by Crippen LogP contribution is -1.75. The van der Waals surface area contributed by atoms with Crippen molar-refractivity contribution in [2.45, 2.75) is 0 Å². The summed E-state index contributed by atoms with van der Waals surface area (Å²) >= 11 is 6.32. The van der Waals surface area contributed by atoms with E-state index in [9.17, 15) is 0 Å². The Morgan fingerprint density at radius 3 is 1.16 bits per heavy atom. The molecule has 10 aromatic rings. The first-order chi connectivity index (χ1) is 21.6. The fraction of sp³-hybridized carbons (Fsp3) is 0. The molecule has 6 aromatic carbocycles. The third-order valence-electron chi connectivity index (χ3n) is 8.55. The lowest BCUT2D eigenvalue weighted by atomic mass is 10.1. The van der Waals surface area contributed by atoms with Gasteiger partial charge in [0, 0.05) is 39.3 Å². The minimum Gasteiger partial charge on any atom is -0.205 e. The predicted molar refractivity (Wildman–Crippen MR) is 191 cm³/mol. The maximum atomic E-state index is 15.7. The van der Waals surface area contributed by atoms with E-state index in [-0.39, 0.29) is 11.6 Å². The van der Waals surface area contributed by atoms with E-state index in [4.69, 9.17) is 0 Å². The molecule has 0 fully saturated rings. The molecule has 6 heteroatoms. The summed E-state index contributed by atoms with van der Waals surface area (Å²) in [6.07, 6.45) is 0. The van der Waals surface area contributed by atoms with Gasteiger partial charge in [-0.3, -0.25) is 0 Å². The summed E-state index contributed by atoms with van der Waals surface area (Å²) < 4.78 is 35.7. The van der Waals surface area contributed by atoms with Crippen molar-refractivity contribution in [3.05, 3.63) is 121 Å². The highest BCUT2D eigenvalue weighted by molar-refractivity contribution is 7.29. The second kappa shape index (κ2) is 9.16. The SMILES string of the molecule is Fc1c(-c2cc3cc4cc5sc(-c6sc7cc8ccccc8cc7c6F)cc5cc4cc3s2)sc2cc3ccccc3cc12. The van der Waals surface area contributed by atoms with E-state index in [2.05, 4.69) is 60.7 Å². The van der Waals surface area contributed by atoms with Crippen LogP contribution in [0.1, 0.15) is 0 Å². The minimum absolute atomic E-state index is 0.138. The summed E-state index contributed by atoms with van der Waals surface area (Å²) in [7, 11) is 0. The van der Waals surface area contributed by atoms with Crippen molar-refractivity contribution in [3.63, 3.8) is 0 Å². The summed E-state index contributed by atoms with van der Waals surface area (Å²) in [6, 6.07) is 37.4. The first-order valence-corrected chi connectivity index (χ1v) is 17.5. The van der Waals surface area contributed by atoms with Crippen molar-refractivity contribution < 1.29 is 8.78 Å². The van der Waals surface area contributed by atoms with E-state index in [1.807, 2.05) is 48.5 Å². The maximum absolute atomic E-state index is 15.7. The van der Waals surface area contributed by atoms with Gasteiger partial charge in [-0.15, -0.1) is 45.3 Å². The van der Waals surface area contributed by atoms with Crippen LogP contribution in [0.15, 0.2) is 109 Å². The number of thiophene rings is 4. The van der Waals surface area contributed by atoms with Crippen LogP contribution in [-0.2, 0) is 0 Å². The standard InChI is InChI=1S/C38H18F2S4/c39-35-27-11-19-5-1-3-7-21(19)13-31(27)43-37(35)33-17-25-9-23-16-30-26(10-24(23)15-29(25)41-33)18-34(42-30)38-36(40)28-12-20-6-2-4-8-22(20)14-32(28)44-38/h1-18H. The molecule has 0 aliphatic rings. The monoisotopic (exact) mass is 640 g/mol. The van der Waals surface area contributed by atoms with Gasteiger partial charge in [0.25, 0.3) is 0 Å². The van der Waals surface area contributed by atoms with Crippen molar-refractivity contribution in [3.8, 4) is 19.5 Å². The molecule has 0 aliphatic heterocycles. The Balaban J connectivity index is 1.08. The van der Waals surface area contributed by atoms with Gasteiger partial charge in [-0.1, -0.05) is 48.5 Å². The number of benzene rings is 6. The quantitative estimate of drug-likeness (QED) is 0.176. The summed E-state index contributed by atoms with van der Waals surface area (Å²) in [5.74, 6) is -0.275. The van der Waals surface area contributed by atoms with E-state index in [1.54, 1.807) is 22.7 Å². The van der Waals surface area contributed by atoms with Crippen LogP contribution in [0.4, 0.5) is 8.78 Å². The summed E-state index contributed by atoms with van der Waals surface area (Å²) in [4.78, 5) is 3.30. The first kappa shape index (κ1) is 25.2. The topological polar surface area (TPSA) is 0 Å². The molecule has 0 atom stereocenters. The molecule has 0 saturated carbocycles. The largest absolute Gasteiger partial charge is 0.205 e. The van der Waals surface area contributed by atoms with Crippen molar-refractivity contribution in [2.75, 3.05) is 0 Å². The van der Waals surface area contributed by atoms with Crippen LogP contribution in [0.5, 0.6) is 0 Å². The Morgan fingerprint density at radius 2 is 0.727 bits per heavy atom. The van der Waals surface area contributed by atoms with Crippen LogP contribution in [0.3, 0.4) is 0 Å². The fourth-order valence-corrected chi connectivity index (χ4v) is 11.0. The van der Waals surface area contributed by atoms with Crippen LogP contribution >= 0.6 is 45.3 Å². The van der Waals surface area contributed by atoms with Gasteiger partial charge >= 0.3 is 0 Å². The Morgan fingerprint density at radius 1 is 0.341 bits per heavy atom. The average Bonchev–Trinajstić information content (AvgIpc) is 3.80. The Bertz CT molecular complexity index is 2550. The molecule has 0 aliphatic carbocycles. The van der Waals surface area contributed by atoms with Gasteiger partial charge in [0.15, 0.2) is 0 Å². The molecule has 208 valence electrons. The van der Waals surface area contributed by atoms with Gasteiger partial charge in [0.05, 0.1) is 9.75 Å². The maximum Gasteiger partial charge on any atom is 0.150 e. The van der Waals surface area contributed by atoms with Crippen LogP contribution in [0.25, 0.3) is 92.2 Å². The second-order valence-electron chi connectivity index (χ2n) is 11.2. The third-order valence-corrected chi connectivity index (χ3v) is 13.4. The van der Waals surface area contributed by atoms with Crippen LogP contribution in [0, 0.1) is 11.6 Å². The predicted octanol–water partition coefficient (Wildman–Crippen LogP) is 13.6. The Kier molecular flexibility index (Phi) is 5.24. The molecule has 44 heavy (non-hydrogen) atoms. The van der Waals surface area contributed by atoms with Gasteiger partial charge in [0.1, 0.15) is 11.6 Å². The van der Waals surface area contributed by atoms with E-state index < -0.39 is 0 Å². The summed E-state index contributed by atoms with van der Waals surface area (Å²) in [5.41, 5.74) is 0. The normalized spacial score (nSPS) is 12.3. The van der Waals surface area contributed by atoms with Crippen LogP contribution in [-0.4, -0.2) is 0 Å². The molecule has 0 bridgehead atoms. The molecule has 0 saturated heterocycles. The number of halogens is 2. The van der Waals surface area contributed by atoms with Crippen molar-refractivity contribution in [1.29, 1.82) is 0 Å². The van der Waals surface area contributed by atoms with Crippen LogP contribution < -0.4 is 0 Å². The molecule has 0 unspecified atom stereocenters. The smallest absolute Gasteiger partial charge is 0.150 e.